The van der Waals surface area contributed by atoms with Gasteiger partial charge in [0.25, 0.3) is 0 Å². The van der Waals surface area contributed by atoms with Gasteiger partial charge in [0.15, 0.2) is 0 Å². The largest absolute Gasteiger partial charge is 0.453 e. The Morgan fingerprint density at radius 1 is 0.862 bits per heavy atom. The summed E-state index contributed by atoms with van der Waals surface area (Å²) in [5.74, 6) is -2.16. The van der Waals surface area contributed by atoms with E-state index in [1.807, 2.05) is 53.7 Å². The lowest BCUT2D eigenvalue weighted by Crippen LogP contribution is -2.60. The van der Waals surface area contributed by atoms with Gasteiger partial charge in [-0.3, -0.25) is 24.1 Å². The molecule has 1 aliphatic rings. The number of aliphatic hydroxyl groups excluding tert-OH is 1. The van der Waals surface area contributed by atoms with Crippen molar-refractivity contribution in [1.82, 2.24) is 25.3 Å². The summed E-state index contributed by atoms with van der Waals surface area (Å²) in [6.45, 7) is 21.9. The van der Waals surface area contributed by atoms with Crippen molar-refractivity contribution < 1.29 is 43.3 Å². The number of unbranched alkanes of at least 4 members (excludes halogenated alkanes) is 1. The monoisotopic (exact) mass is 914 g/mol. The van der Waals surface area contributed by atoms with Crippen molar-refractivity contribution in [3.63, 3.8) is 0 Å². The van der Waals surface area contributed by atoms with E-state index in [1.54, 1.807) is 37.8 Å². The van der Waals surface area contributed by atoms with Crippen molar-refractivity contribution in [2.75, 3.05) is 42.0 Å². The number of ether oxygens (including phenoxy) is 3. The van der Waals surface area contributed by atoms with Crippen LogP contribution in [0.2, 0.25) is 0 Å². The van der Waals surface area contributed by atoms with E-state index in [4.69, 9.17) is 14.2 Å². The predicted octanol–water partition coefficient (Wildman–Crippen LogP) is 7.64. The molecule has 65 heavy (non-hydrogen) atoms. The van der Waals surface area contributed by atoms with Gasteiger partial charge < -0.3 is 39.8 Å². The zero-order valence-corrected chi connectivity index (χ0v) is 42.8. The van der Waals surface area contributed by atoms with Crippen LogP contribution in [-0.2, 0) is 33.4 Å². The molecule has 1 unspecified atom stereocenters. The van der Waals surface area contributed by atoms with Crippen LogP contribution < -0.4 is 10.6 Å². The van der Waals surface area contributed by atoms with Gasteiger partial charge in [-0.15, -0.1) is 0 Å². The van der Waals surface area contributed by atoms with Crippen molar-refractivity contribution >= 4 is 29.7 Å². The molecule has 1 aromatic carbocycles. The molecule has 2 rings (SSSR count). The highest BCUT2D eigenvalue weighted by atomic mass is 16.5. The zero-order chi connectivity index (χ0) is 49.3. The first-order valence-corrected chi connectivity index (χ1v) is 24.1. The van der Waals surface area contributed by atoms with Gasteiger partial charge in [-0.1, -0.05) is 111 Å². The number of allylic oxidation sites excluding steroid dienone is 2. The lowest BCUT2D eigenvalue weighted by molar-refractivity contribution is -0.148. The van der Waals surface area contributed by atoms with Crippen molar-refractivity contribution in [2.45, 2.75) is 182 Å². The lowest BCUT2D eigenvalue weighted by atomic mass is 9.88. The van der Waals surface area contributed by atoms with Gasteiger partial charge in [0.2, 0.25) is 23.6 Å². The molecule has 0 saturated carbocycles. The second-order valence-corrected chi connectivity index (χ2v) is 19.4. The Kier molecular flexibility index (Phi) is 24.2. The number of carbonyl (C=O) groups is 5. The van der Waals surface area contributed by atoms with E-state index >= 15 is 0 Å². The van der Waals surface area contributed by atoms with Crippen LogP contribution in [0, 0.1) is 23.7 Å². The summed E-state index contributed by atoms with van der Waals surface area (Å²) in [5.41, 5.74) is 3.27. The third kappa shape index (κ3) is 15.8. The quantitative estimate of drug-likeness (QED) is 0.0792. The minimum Gasteiger partial charge on any atom is -0.453 e. The summed E-state index contributed by atoms with van der Waals surface area (Å²) in [5, 5.41) is 17.3. The van der Waals surface area contributed by atoms with E-state index in [1.165, 1.54) is 37.3 Å². The highest BCUT2D eigenvalue weighted by Gasteiger charge is 2.43. The number of aliphatic hydroxyl groups is 1. The molecule has 1 heterocycles. The zero-order valence-electron chi connectivity index (χ0n) is 42.8. The molecular weight excluding hydrogens is 827 g/mol. The molecule has 3 N–H and O–H groups in total. The number of nitrogens with zero attached hydrogens (tertiary/aromatic N) is 3. The van der Waals surface area contributed by atoms with E-state index in [0.29, 0.717) is 25.3 Å². The van der Waals surface area contributed by atoms with Gasteiger partial charge in [0.05, 0.1) is 55.9 Å². The molecular formula is C51H87N5O9. The van der Waals surface area contributed by atoms with Gasteiger partial charge in [-0.05, 0) is 81.3 Å². The number of benzene rings is 1. The first-order chi connectivity index (χ1) is 30.6. The summed E-state index contributed by atoms with van der Waals surface area (Å²) < 4.78 is 16.9. The number of carbonyl (C=O) groups excluding carboxylic acids is 5. The molecule has 0 aromatic heterocycles. The van der Waals surface area contributed by atoms with Crippen LogP contribution in [0.1, 0.15) is 151 Å². The molecule has 1 saturated heterocycles. The summed E-state index contributed by atoms with van der Waals surface area (Å²) in [6.07, 6.45) is 5.78. The summed E-state index contributed by atoms with van der Waals surface area (Å²) in [7, 11) is 7.52. The fourth-order valence-electron chi connectivity index (χ4n) is 9.40. The number of methoxy groups -OCH3 is 3. The van der Waals surface area contributed by atoms with Crippen molar-refractivity contribution in [2.24, 2.45) is 23.7 Å². The lowest BCUT2D eigenvalue weighted by Gasteiger charge is -2.41. The van der Waals surface area contributed by atoms with Crippen LogP contribution in [0.15, 0.2) is 35.9 Å². The molecule has 370 valence electrons. The standard InChI is InChI=1S/C51H87N5O9/c1-17-19-21-37(24-23-31(3)4)38-25-27-39(28-26-38)46(58)36(11)52-48(59)35(10)47(64-15)40-22-20-29-56(40)42(57)30-41(63-14)45(34(9)18-2)54(12)50(61)43(32(5)6)53-49(60)44(33(7)8)55(13)51(62)65-16/h23,25-28,32-37,40-41,43-47,58H,17-22,24,29-30H2,1-16H3,(H,52,59)(H,53,60)/t34-,35+,36+,37?,40-,41+,43-,44-,45-,46+,47+/m0/s1. The second-order valence-electron chi connectivity index (χ2n) is 19.4. The number of hydrogen-bond donors (Lipinski definition) is 3. The molecule has 0 radical (unpaired) electrons. The number of nitrogens with one attached hydrogen (secondary N) is 2. The molecule has 5 amide bonds. The maximum atomic E-state index is 14.4. The third-order valence-corrected chi connectivity index (χ3v) is 13.6. The van der Waals surface area contributed by atoms with Gasteiger partial charge >= 0.3 is 6.09 Å². The van der Waals surface area contributed by atoms with Crippen molar-refractivity contribution in [3.05, 3.63) is 47.0 Å². The molecule has 1 aromatic rings. The van der Waals surface area contributed by atoms with E-state index in [9.17, 15) is 29.1 Å². The Labute approximate surface area is 391 Å². The first kappa shape index (κ1) is 57.1. The highest BCUT2D eigenvalue weighted by Crippen LogP contribution is 2.31. The number of amides is 5. The van der Waals surface area contributed by atoms with Crippen LogP contribution >= 0.6 is 0 Å². The number of likely N-dealkylation sites (N-methyl/N-ethyl adjacent to an activating group) is 2. The van der Waals surface area contributed by atoms with Crippen LogP contribution in [0.25, 0.3) is 0 Å². The maximum absolute atomic E-state index is 14.4. The summed E-state index contributed by atoms with van der Waals surface area (Å²) >= 11 is 0. The molecule has 14 nitrogen and oxygen atoms in total. The average molecular weight is 914 g/mol. The number of hydrogen-bond acceptors (Lipinski definition) is 9. The molecule has 1 fully saturated rings. The third-order valence-electron chi connectivity index (χ3n) is 13.6. The molecule has 1 aliphatic heterocycles. The van der Waals surface area contributed by atoms with Gasteiger partial charge in [-0.25, -0.2) is 4.79 Å². The molecule has 0 aliphatic carbocycles. The normalized spacial score (nSPS) is 18.6. The fourth-order valence-corrected chi connectivity index (χ4v) is 9.40. The van der Waals surface area contributed by atoms with Gasteiger partial charge in [0, 0.05) is 34.9 Å². The van der Waals surface area contributed by atoms with Gasteiger partial charge in [0.1, 0.15) is 12.1 Å². The Morgan fingerprint density at radius 2 is 1.48 bits per heavy atom. The minimum absolute atomic E-state index is 0.0228. The summed E-state index contributed by atoms with van der Waals surface area (Å²) in [6, 6.07) is 4.80. The Morgan fingerprint density at radius 3 is 1.98 bits per heavy atom. The number of likely N-dealkylation sites (tertiary alicyclic amines) is 1. The van der Waals surface area contributed by atoms with E-state index < -0.39 is 60.4 Å². The molecule has 14 heteroatoms. The summed E-state index contributed by atoms with van der Waals surface area (Å²) in [4.78, 5) is 73.3. The highest BCUT2D eigenvalue weighted by molar-refractivity contribution is 5.91. The predicted molar refractivity (Wildman–Crippen MR) is 257 cm³/mol. The molecule has 0 spiro atoms. The van der Waals surface area contributed by atoms with E-state index in [2.05, 4.69) is 49.6 Å². The Balaban J connectivity index is 2.25. The Hall–Kier alpha value is -4.01. The Bertz CT molecular complexity index is 1680. The van der Waals surface area contributed by atoms with Crippen molar-refractivity contribution in [3.8, 4) is 0 Å². The first-order valence-electron chi connectivity index (χ1n) is 24.1. The minimum atomic E-state index is -0.926. The average Bonchev–Trinajstić information content (AvgIpc) is 3.76. The van der Waals surface area contributed by atoms with Crippen molar-refractivity contribution in [1.29, 1.82) is 0 Å². The smallest absolute Gasteiger partial charge is 0.409 e. The SMILES string of the molecule is CCCCC(CC=C(C)C)c1ccc([C@H](O)[C@@H](C)NC(=O)[C@H](C)[C@@H](OC)[C@@H]2CCCN2C(=O)C[C@@H](OC)[C@H]([C@@H](C)CC)N(C)C(=O)[C@@H](NC(=O)[C@H](C(C)C)N(C)C(=O)OC)C(C)C)cc1. The van der Waals surface area contributed by atoms with E-state index in [0.717, 1.165) is 37.7 Å². The van der Waals surface area contributed by atoms with Gasteiger partial charge in [-0.2, -0.15) is 0 Å². The van der Waals surface area contributed by atoms with Crippen LogP contribution in [0.4, 0.5) is 4.79 Å². The molecule has 0 bridgehead atoms. The van der Waals surface area contributed by atoms with Crippen LogP contribution in [-0.4, -0.2) is 134 Å². The van der Waals surface area contributed by atoms with Crippen LogP contribution in [0.3, 0.4) is 0 Å². The molecule has 11 atom stereocenters. The van der Waals surface area contributed by atoms with E-state index in [-0.39, 0.29) is 47.9 Å². The topological polar surface area (TPSA) is 167 Å². The number of rotatable bonds is 26. The second kappa shape index (κ2) is 27.6. The fraction of sp³-hybridized carbons (Fsp3) is 0.745. The maximum Gasteiger partial charge on any atom is 0.409 e. The van der Waals surface area contributed by atoms with Crippen LogP contribution in [0.5, 0.6) is 0 Å².